The van der Waals surface area contributed by atoms with Crippen molar-refractivity contribution in [1.29, 1.82) is 0 Å². The predicted octanol–water partition coefficient (Wildman–Crippen LogP) is 2.10. The van der Waals surface area contributed by atoms with E-state index in [2.05, 4.69) is 10.6 Å². The van der Waals surface area contributed by atoms with Crippen LogP contribution < -0.4 is 10.6 Å². The second kappa shape index (κ2) is 6.05. The number of nitrogens with one attached hydrogen (secondary N) is 2. The maximum Gasteiger partial charge on any atom is 0.337 e. The Morgan fingerprint density at radius 1 is 1.40 bits per heavy atom. The Hall–Kier alpha value is -1.88. The highest BCUT2D eigenvalue weighted by Crippen LogP contribution is 2.32. The summed E-state index contributed by atoms with van der Waals surface area (Å²) < 4.78 is 0. The van der Waals surface area contributed by atoms with Gasteiger partial charge in [0, 0.05) is 6.54 Å². The molecular weight excluding hydrogens is 256 g/mol. The molecule has 0 saturated carbocycles. The molecule has 1 unspecified atom stereocenters. The number of aromatic carboxylic acids is 1. The van der Waals surface area contributed by atoms with Crippen LogP contribution in [0.1, 0.15) is 36.5 Å². The van der Waals surface area contributed by atoms with E-state index in [9.17, 15) is 9.59 Å². The number of carboxylic acids is 1. The Bertz CT molecular complexity index is 508. The number of hydrogen-bond acceptors (Lipinski definition) is 3. The zero-order valence-electron chi connectivity index (χ0n) is 11.6. The van der Waals surface area contributed by atoms with Gasteiger partial charge in [-0.2, -0.15) is 0 Å². The van der Waals surface area contributed by atoms with Crippen molar-refractivity contribution in [3.63, 3.8) is 0 Å². The molecule has 5 heteroatoms. The van der Waals surface area contributed by atoms with E-state index in [4.69, 9.17) is 5.11 Å². The van der Waals surface area contributed by atoms with E-state index in [0.717, 1.165) is 25.8 Å². The minimum atomic E-state index is -1.03. The van der Waals surface area contributed by atoms with Crippen LogP contribution in [-0.4, -0.2) is 30.1 Å². The normalized spacial score (nSPS) is 22.2. The molecule has 0 aliphatic carbocycles. The maximum atomic E-state index is 12.6. The Morgan fingerprint density at radius 3 is 2.75 bits per heavy atom. The zero-order valence-corrected chi connectivity index (χ0v) is 11.6. The number of anilines is 1. The standard InChI is InChI=1S/C15H20N2O3/c1-2-15(8-5-9-16-10-15)14(20)17-12-7-4-3-6-11(12)13(18)19/h3-4,6-7,16H,2,5,8-10H2,1H3,(H,17,20)(H,18,19). The number of amides is 1. The molecule has 1 aliphatic rings. The summed E-state index contributed by atoms with van der Waals surface area (Å²) in [5.74, 6) is -1.13. The van der Waals surface area contributed by atoms with E-state index in [1.165, 1.54) is 6.07 Å². The van der Waals surface area contributed by atoms with Crippen LogP contribution in [0.3, 0.4) is 0 Å². The third-order valence-electron chi connectivity index (χ3n) is 4.04. The van der Waals surface area contributed by atoms with Crippen molar-refractivity contribution in [3.05, 3.63) is 29.8 Å². The van der Waals surface area contributed by atoms with Crippen LogP contribution in [0.25, 0.3) is 0 Å². The molecule has 5 nitrogen and oxygen atoms in total. The Balaban J connectivity index is 2.20. The lowest BCUT2D eigenvalue weighted by Crippen LogP contribution is -2.47. The summed E-state index contributed by atoms with van der Waals surface area (Å²) in [6.45, 7) is 3.57. The van der Waals surface area contributed by atoms with Gasteiger partial charge in [0.05, 0.1) is 16.7 Å². The molecule has 1 aromatic carbocycles. The lowest BCUT2D eigenvalue weighted by Gasteiger charge is -2.35. The summed E-state index contributed by atoms with van der Waals surface area (Å²) in [7, 11) is 0. The first-order valence-corrected chi connectivity index (χ1v) is 6.93. The highest BCUT2D eigenvalue weighted by molar-refractivity contribution is 6.02. The quantitative estimate of drug-likeness (QED) is 0.787. The van der Waals surface area contributed by atoms with Gasteiger partial charge in [0.1, 0.15) is 0 Å². The fraction of sp³-hybridized carbons (Fsp3) is 0.467. The van der Waals surface area contributed by atoms with E-state index >= 15 is 0 Å². The van der Waals surface area contributed by atoms with E-state index in [0.29, 0.717) is 12.2 Å². The lowest BCUT2D eigenvalue weighted by atomic mass is 9.77. The average Bonchev–Trinajstić information content (AvgIpc) is 2.48. The molecule has 3 N–H and O–H groups in total. The van der Waals surface area contributed by atoms with Gasteiger partial charge in [0.25, 0.3) is 0 Å². The number of carbonyl (C=O) groups excluding carboxylic acids is 1. The van der Waals surface area contributed by atoms with Crippen LogP contribution >= 0.6 is 0 Å². The Morgan fingerprint density at radius 2 is 2.15 bits per heavy atom. The molecule has 1 heterocycles. The number of benzene rings is 1. The van der Waals surface area contributed by atoms with Gasteiger partial charge in [-0.05, 0) is 37.9 Å². The first-order valence-electron chi connectivity index (χ1n) is 6.93. The van der Waals surface area contributed by atoms with Gasteiger partial charge in [-0.1, -0.05) is 19.1 Å². The highest BCUT2D eigenvalue weighted by atomic mass is 16.4. The van der Waals surface area contributed by atoms with Crippen molar-refractivity contribution < 1.29 is 14.7 Å². The number of carboxylic acid groups (broad SMARTS) is 1. The van der Waals surface area contributed by atoms with Crippen molar-refractivity contribution in [3.8, 4) is 0 Å². The van der Waals surface area contributed by atoms with Crippen LogP contribution in [0.4, 0.5) is 5.69 Å². The Kier molecular flexibility index (Phi) is 4.39. The van der Waals surface area contributed by atoms with Crippen LogP contribution in [0.2, 0.25) is 0 Å². The molecule has 1 aromatic rings. The molecule has 1 atom stereocenters. The van der Waals surface area contributed by atoms with Gasteiger partial charge in [-0.25, -0.2) is 4.79 Å². The summed E-state index contributed by atoms with van der Waals surface area (Å²) in [5.41, 5.74) is 0.0448. The third-order valence-corrected chi connectivity index (χ3v) is 4.04. The first kappa shape index (κ1) is 14.5. The van der Waals surface area contributed by atoms with E-state index < -0.39 is 11.4 Å². The number of piperidine rings is 1. The number of carbonyl (C=O) groups is 2. The molecule has 1 amide bonds. The van der Waals surface area contributed by atoms with Crippen LogP contribution in [0.5, 0.6) is 0 Å². The summed E-state index contributed by atoms with van der Waals surface area (Å²) in [6.07, 6.45) is 2.53. The molecule has 1 saturated heterocycles. The van der Waals surface area contributed by atoms with Crippen molar-refractivity contribution in [2.24, 2.45) is 5.41 Å². The summed E-state index contributed by atoms with van der Waals surface area (Å²) in [5, 5.41) is 15.2. The van der Waals surface area contributed by atoms with Gasteiger partial charge < -0.3 is 15.7 Å². The lowest BCUT2D eigenvalue weighted by molar-refractivity contribution is -0.126. The second-order valence-electron chi connectivity index (χ2n) is 5.22. The van der Waals surface area contributed by atoms with Crippen molar-refractivity contribution in [1.82, 2.24) is 5.32 Å². The van der Waals surface area contributed by atoms with Crippen molar-refractivity contribution in [2.45, 2.75) is 26.2 Å². The average molecular weight is 276 g/mol. The molecule has 0 aromatic heterocycles. The summed E-state index contributed by atoms with van der Waals surface area (Å²) >= 11 is 0. The topological polar surface area (TPSA) is 78.4 Å². The van der Waals surface area contributed by atoms with Crippen LogP contribution in [0, 0.1) is 5.41 Å². The second-order valence-corrected chi connectivity index (χ2v) is 5.22. The molecular formula is C15H20N2O3. The molecule has 1 aliphatic heterocycles. The van der Waals surface area contributed by atoms with Gasteiger partial charge in [0.2, 0.25) is 5.91 Å². The third kappa shape index (κ3) is 2.82. The Labute approximate surface area is 118 Å². The molecule has 2 rings (SSSR count). The van der Waals surface area contributed by atoms with Gasteiger partial charge in [0.15, 0.2) is 0 Å². The smallest absolute Gasteiger partial charge is 0.337 e. The number of para-hydroxylation sites is 1. The molecule has 0 radical (unpaired) electrons. The summed E-state index contributed by atoms with van der Waals surface area (Å²) in [6, 6.07) is 6.49. The molecule has 1 fully saturated rings. The highest BCUT2D eigenvalue weighted by Gasteiger charge is 2.38. The van der Waals surface area contributed by atoms with Crippen molar-refractivity contribution in [2.75, 3.05) is 18.4 Å². The summed E-state index contributed by atoms with van der Waals surface area (Å²) in [4.78, 5) is 23.7. The SMILES string of the molecule is CCC1(C(=O)Nc2ccccc2C(=O)O)CCCNC1. The van der Waals surface area contributed by atoms with Crippen LogP contribution in [0.15, 0.2) is 24.3 Å². The molecule has 108 valence electrons. The monoisotopic (exact) mass is 276 g/mol. The van der Waals surface area contributed by atoms with Crippen LogP contribution in [-0.2, 0) is 4.79 Å². The van der Waals surface area contributed by atoms with E-state index in [1.54, 1.807) is 18.2 Å². The van der Waals surface area contributed by atoms with Gasteiger partial charge >= 0.3 is 5.97 Å². The zero-order chi connectivity index (χ0) is 14.6. The number of hydrogen-bond donors (Lipinski definition) is 3. The van der Waals surface area contributed by atoms with Gasteiger partial charge in [-0.3, -0.25) is 4.79 Å². The number of rotatable bonds is 4. The predicted molar refractivity (Wildman–Crippen MR) is 76.9 cm³/mol. The maximum absolute atomic E-state index is 12.6. The van der Waals surface area contributed by atoms with E-state index in [1.807, 2.05) is 6.92 Å². The molecule has 0 spiro atoms. The minimum absolute atomic E-state index is 0.0964. The fourth-order valence-corrected chi connectivity index (χ4v) is 2.66. The molecule has 0 bridgehead atoms. The fourth-order valence-electron chi connectivity index (χ4n) is 2.66. The first-order chi connectivity index (χ1) is 9.59. The van der Waals surface area contributed by atoms with Crippen molar-refractivity contribution >= 4 is 17.6 Å². The largest absolute Gasteiger partial charge is 0.478 e. The van der Waals surface area contributed by atoms with E-state index in [-0.39, 0.29) is 11.5 Å². The minimum Gasteiger partial charge on any atom is -0.478 e. The molecule has 20 heavy (non-hydrogen) atoms. The van der Waals surface area contributed by atoms with Gasteiger partial charge in [-0.15, -0.1) is 0 Å².